The van der Waals surface area contributed by atoms with Crippen molar-refractivity contribution in [2.45, 2.75) is 13.5 Å². The number of aryl methyl sites for hydroxylation is 1. The van der Waals surface area contributed by atoms with E-state index in [1.165, 1.54) is 6.07 Å². The van der Waals surface area contributed by atoms with Gasteiger partial charge in [0.2, 0.25) is 0 Å². The summed E-state index contributed by atoms with van der Waals surface area (Å²) in [6.07, 6.45) is 0. The minimum atomic E-state index is -0.531. The van der Waals surface area contributed by atoms with Crippen molar-refractivity contribution in [3.8, 4) is 11.1 Å². The van der Waals surface area contributed by atoms with Gasteiger partial charge in [0.05, 0.1) is 12.2 Å². The van der Waals surface area contributed by atoms with Crippen LogP contribution in [0.4, 0.5) is 13.2 Å². The number of benzene rings is 3. The second-order valence-corrected chi connectivity index (χ2v) is 7.07. The second kappa shape index (κ2) is 7.17. The fraction of sp³-hybridized carbons (Fsp3) is 0.0833. The second-order valence-electron chi connectivity index (χ2n) is 7.07. The van der Waals surface area contributed by atoms with Gasteiger partial charge in [-0.1, -0.05) is 36.4 Å². The molecule has 2 nitrogen and oxygen atoms in total. The Bertz CT molecular complexity index is 1250. The molecule has 0 unspecified atom stereocenters. The van der Waals surface area contributed by atoms with Gasteiger partial charge in [0, 0.05) is 33.3 Å². The minimum absolute atomic E-state index is 0.0309. The summed E-state index contributed by atoms with van der Waals surface area (Å²) in [5.74, 6) is -1.45. The lowest BCUT2D eigenvalue weighted by molar-refractivity contribution is 0.578. The zero-order valence-corrected chi connectivity index (χ0v) is 15.8. The van der Waals surface area contributed by atoms with E-state index < -0.39 is 17.5 Å². The van der Waals surface area contributed by atoms with Crippen LogP contribution in [0.5, 0.6) is 0 Å². The van der Waals surface area contributed by atoms with E-state index in [9.17, 15) is 13.2 Å². The molecule has 5 heteroatoms. The average Bonchev–Trinajstić information content (AvgIpc) is 2.98. The summed E-state index contributed by atoms with van der Waals surface area (Å²) in [6.45, 7) is 5.83. The molecule has 0 spiro atoms. The summed E-state index contributed by atoms with van der Waals surface area (Å²) in [7, 11) is 0. The maximum atomic E-state index is 14.7. The molecule has 2 N–H and O–H groups in total. The van der Waals surface area contributed by atoms with Crippen LogP contribution in [0.15, 0.2) is 67.2 Å². The fourth-order valence-electron chi connectivity index (χ4n) is 3.74. The molecule has 0 saturated heterocycles. The number of fused-ring (bicyclic) bond motifs is 1. The van der Waals surface area contributed by atoms with Crippen LogP contribution in [0, 0.1) is 24.4 Å². The molecule has 0 amide bonds. The van der Waals surface area contributed by atoms with Crippen molar-refractivity contribution in [3.63, 3.8) is 0 Å². The van der Waals surface area contributed by atoms with Crippen molar-refractivity contribution in [2.24, 2.45) is 5.73 Å². The molecule has 0 fully saturated rings. The summed E-state index contributed by atoms with van der Waals surface area (Å²) >= 11 is 0. The van der Waals surface area contributed by atoms with Gasteiger partial charge >= 0.3 is 0 Å². The highest BCUT2D eigenvalue weighted by Crippen LogP contribution is 2.39. The minimum Gasteiger partial charge on any atom is -0.398 e. The Hall–Kier alpha value is -3.47. The van der Waals surface area contributed by atoms with Gasteiger partial charge in [-0.2, -0.15) is 0 Å². The molecule has 1 aromatic heterocycles. The lowest BCUT2D eigenvalue weighted by Gasteiger charge is -2.13. The first-order chi connectivity index (χ1) is 13.9. The van der Waals surface area contributed by atoms with Gasteiger partial charge in [-0.05, 0) is 43.3 Å². The molecule has 0 radical (unpaired) electrons. The quantitative estimate of drug-likeness (QED) is 0.453. The third kappa shape index (κ3) is 3.29. The van der Waals surface area contributed by atoms with Crippen LogP contribution in [0.2, 0.25) is 0 Å². The van der Waals surface area contributed by atoms with Gasteiger partial charge < -0.3 is 10.3 Å². The third-order valence-corrected chi connectivity index (χ3v) is 5.00. The van der Waals surface area contributed by atoms with Crippen molar-refractivity contribution in [2.75, 3.05) is 0 Å². The largest absolute Gasteiger partial charge is 0.398 e. The molecule has 0 aliphatic heterocycles. The van der Waals surface area contributed by atoms with E-state index in [1.807, 2.05) is 25.1 Å². The van der Waals surface area contributed by atoms with Crippen LogP contribution in [0.1, 0.15) is 16.8 Å². The molecular formula is C24H19F3N2. The smallest absolute Gasteiger partial charge is 0.131 e. The summed E-state index contributed by atoms with van der Waals surface area (Å²) in [5, 5.41) is 0.772. The Morgan fingerprint density at radius 2 is 1.72 bits per heavy atom. The molecule has 0 atom stereocenters. The highest BCUT2D eigenvalue weighted by molar-refractivity contribution is 6.02. The number of nitrogens with two attached hydrogens (primary N) is 1. The standard InChI is InChI=1S/C24H19F3N2/c1-14-7-10-22-19(11-14)23(18-5-3-4-6-21(18)27)24(15(2)28)29(22)13-16-12-17(25)8-9-20(16)26/h3-12H,2,13,28H2,1H3. The lowest BCUT2D eigenvalue weighted by atomic mass is 9.99. The molecule has 0 aliphatic rings. The number of nitrogens with zero attached hydrogens (tertiary/aromatic N) is 1. The van der Waals surface area contributed by atoms with Crippen molar-refractivity contribution in [1.82, 2.24) is 4.57 Å². The van der Waals surface area contributed by atoms with Gasteiger partial charge in [0.15, 0.2) is 0 Å². The number of aromatic nitrogens is 1. The average molecular weight is 392 g/mol. The number of halogens is 3. The molecule has 3 aromatic carbocycles. The van der Waals surface area contributed by atoms with Crippen LogP contribution in [-0.2, 0) is 6.54 Å². The topological polar surface area (TPSA) is 30.9 Å². The Morgan fingerprint density at radius 3 is 2.45 bits per heavy atom. The Labute approximate surface area is 166 Å². The van der Waals surface area contributed by atoms with Crippen molar-refractivity contribution < 1.29 is 13.2 Å². The lowest BCUT2D eigenvalue weighted by Crippen LogP contribution is -2.09. The molecule has 0 bridgehead atoms. The highest BCUT2D eigenvalue weighted by atomic mass is 19.1. The van der Waals surface area contributed by atoms with E-state index in [0.29, 0.717) is 16.8 Å². The van der Waals surface area contributed by atoms with Crippen molar-refractivity contribution >= 4 is 16.6 Å². The number of hydrogen-bond donors (Lipinski definition) is 1. The van der Waals surface area contributed by atoms with Crippen LogP contribution < -0.4 is 5.73 Å². The molecule has 4 rings (SSSR count). The highest BCUT2D eigenvalue weighted by Gasteiger charge is 2.22. The van der Waals surface area contributed by atoms with Crippen molar-refractivity contribution in [1.29, 1.82) is 0 Å². The fourth-order valence-corrected chi connectivity index (χ4v) is 3.74. The van der Waals surface area contributed by atoms with Gasteiger partial charge in [0.25, 0.3) is 0 Å². The van der Waals surface area contributed by atoms with E-state index in [1.54, 1.807) is 22.8 Å². The van der Waals surface area contributed by atoms with Crippen LogP contribution >= 0.6 is 0 Å². The molecule has 4 aromatic rings. The Balaban J connectivity index is 2.07. The Morgan fingerprint density at radius 1 is 0.966 bits per heavy atom. The summed E-state index contributed by atoms with van der Waals surface area (Å²) in [4.78, 5) is 0. The first-order valence-corrected chi connectivity index (χ1v) is 9.13. The summed E-state index contributed by atoms with van der Waals surface area (Å²) in [6, 6.07) is 15.4. The monoisotopic (exact) mass is 392 g/mol. The number of hydrogen-bond acceptors (Lipinski definition) is 1. The van der Waals surface area contributed by atoms with E-state index >= 15 is 0 Å². The maximum absolute atomic E-state index is 14.7. The van der Waals surface area contributed by atoms with E-state index in [0.717, 1.165) is 34.7 Å². The SMILES string of the molecule is C=C(N)c1c(-c2ccccc2F)c2cc(C)ccc2n1Cc1cc(F)ccc1F. The summed E-state index contributed by atoms with van der Waals surface area (Å²) in [5.41, 5.74) is 9.68. The van der Waals surface area contributed by atoms with Gasteiger partial charge in [-0.3, -0.25) is 0 Å². The first kappa shape index (κ1) is 18.9. The molecule has 146 valence electrons. The summed E-state index contributed by atoms with van der Waals surface area (Å²) < 4.78 is 44.6. The zero-order valence-electron chi connectivity index (χ0n) is 15.8. The predicted octanol–water partition coefficient (Wildman–Crippen LogP) is 6.01. The Kier molecular flexibility index (Phi) is 4.66. The molecule has 29 heavy (non-hydrogen) atoms. The molecular weight excluding hydrogens is 373 g/mol. The third-order valence-electron chi connectivity index (χ3n) is 5.00. The van der Waals surface area contributed by atoms with Gasteiger partial charge in [-0.15, -0.1) is 0 Å². The predicted molar refractivity (Wildman–Crippen MR) is 111 cm³/mol. The van der Waals surface area contributed by atoms with Crippen LogP contribution in [0.3, 0.4) is 0 Å². The normalized spacial score (nSPS) is 11.2. The molecule has 0 aliphatic carbocycles. The number of rotatable bonds is 4. The van der Waals surface area contributed by atoms with E-state index in [4.69, 9.17) is 5.73 Å². The first-order valence-electron chi connectivity index (χ1n) is 9.13. The molecule has 1 heterocycles. The van der Waals surface area contributed by atoms with E-state index in [2.05, 4.69) is 6.58 Å². The maximum Gasteiger partial charge on any atom is 0.131 e. The van der Waals surface area contributed by atoms with Gasteiger partial charge in [0.1, 0.15) is 17.5 Å². The molecule has 0 saturated carbocycles. The van der Waals surface area contributed by atoms with Crippen LogP contribution in [-0.4, -0.2) is 4.57 Å². The van der Waals surface area contributed by atoms with E-state index in [-0.39, 0.29) is 17.8 Å². The van der Waals surface area contributed by atoms with Crippen molar-refractivity contribution in [3.05, 3.63) is 102 Å². The zero-order chi connectivity index (χ0) is 20.7. The van der Waals surface area contributed by atoms with Crippen LogP contribution in [0.25, 0.3) is 27.7 Å². The van der Waals surface area contributed by atoms with Gasteiger partial charge in [-0.25, -0.2) is 13.2 Å².